The Labute approximate surface area is 151 Å². The number of aromatic nitrogens is 3. The molecular weight excluding hydrogens is 340 g/mol. The van der Waals surface area contributed by atoms with Gasteiger partial charge in [-0.05, 0) is 29.4 Å². The minimum absolute atomic E-state index is 0.119. The van der Waals surface area contributed by atoms with Crippen molar-refractivity contribution in [2.24, 2.45) is 0 Å². The molecule has 1 amide bonds. The Morgan fingerprint density at radius 2 is 2.12 bits per heavy atom. The number of nitrogens with one attached hydrogen (secondary N) is 2. The second kappa shape index (κ2) is 8.24. The zero-order valence-electron chi connectivity index (χ0n) is 15.2. The van der Waals surface area contributed by atoms with Crippen LogP contribution in [0, 0.1) is 0 Å². The molecule has 0 unspecified atom stereocenters. The van der Waals surface area contributed by atoms with Crippen LogP contribution in [0.4, 0.5) is 5.95 Å². The van der Waals surface area contributed by atoms with Crippen molar-refractivity contribution in [3.63, 3.8) is 0 Å². The van der Waals surface area contributed by atoms with Gasteiger partial charge < -0.3 is 9.47 Å². The van der Waals surface area contributed by atoms with Crippen LogP contribution in [0.3, 0.4) is 0 Å². The van der Waals surface area contributed by atoms with Gasteiger partial charge in [-0.15, -0.1) is 5.10 Å². The molecule has 1 heterocycles. The van der Waals surface area contributed by atoms with Crippen LogP contribution < -0.4 is 14.8 Å². The summed E-state index contributed by atoms with van der Waals surface area (Å²) >= 11 is 1.49. The molecule has 0 atom stereocenters. The van der Waals surface area contributed by atoms with E-state index in [0.29, 0.717) is 16.9 Å². The summed E-state index contributed by atoms with van der Waals surface area (Å²) in [5, 5.41) is 9.93. The van der Waals surface area contributed by atoms with Crippen LogP contribution in [-0.2, 0) is 10.2 Å². The number of anilines is 1. The van der Waals surface area contributed by atoms with Gasteiger partial charge in [0.15, 0.2) is 6.61 Å². The van der Waals surface area contributed by atoms with Crippen molar-refractivity contribution in [1.82, 2.24) is 15.2 Å². The number of amides is 1. The Hall–Kier alpha value is -2.22. The number of nitrogens with zero attached hydrogens (tertiary/aromatic N) is 2. The first-order valence-corrected chi connectivity index (χ1v) is 8.98. The lowest BCUT2D eigenvalue weighted by atomic mass is 9.86. The minimum atomic E-state index is -0.306. The molecule has 0 saturated carbocycles. The molecule has 7 nitrogen and oxygen atoms in total. The van der Waals surface area contributed by atoms with Crippen molar-refractivity contribution < 1.29 is 14.3 Å². The second-order valence-electron chi connectivity index (χ2n) is 6.35. The highest BCUT2D eigenvalue weighted by molar-refractivity contribution is 7.99. The van der Waals surface area contributed by atoms with Crippen molar-refractivity contribution in [2.45, 2.75) is 38.3 Å². The van der Waals surface area contributed by atoms with Crippen LogP contribution in [0.1, 0.15) is 33.3 Å². The van der Waals surface area contributed by atoms with Crippen molar-refractivity contribution in [3.8, 4) is 11.5 Å². The van der Waals surface area contributed by atoms with Gasteiger partial charge in [-0.1, -0.05) is 39.5 Å². The smallest absolute Gasteiger partial charge is 0.264 e. The summed E-state index contributed by atoms with van der Waals surface area (Å²) in [6.45, 7) is 8.13. The first kappa shape index (κ1) is 19.1. The SMILES string of the molecule is CCSc1n[nH]c(NC(=O)COc2ccc(OC)cc2C(C)(C)C)n1. The molecule has 0 aliphatic heterocycles. The summed E-state index contributed by atoms with van der Waals surface area (Å²) in [4.78, 5) is 16.2. The third kappa shape index (κ3) is 5.38. The van der Waals surface area contributed by atoms with E-state index in [1.54, 1.807) is 7.11 Å². The lowest BCUT2D eigenvalue weighted by Gasteiger charge is -2.23. The van der Waals surface area contributed by atoms with Gasteiger partial charge in [-0.2, -0.15) is 4.98 Å². The Kier molecular flexibility index (Phi) is 6.30. The maximum absolute atomic E-state index is 12.1. The number of carbonyl (C=O) groups excluding carboxylic acids is 1. The number of thioether (sulfide) groups is 1. The molecule has 0 bridgehead atoms. The van der Waals surface area contributed by atoms with Gasteiger partial charge in [0.25, 0.3) is 5.91 Å². The molecule has 2 N–H and O–H groups in total. The van der Waals surface area contributed by atoms with Crippen molar-refractivity contribution in [3.05, 3.63) is 23.8 Å². The van der Waals surface area contributed by atoms with Crippen molar-refractivity contribution in [1.29, 1.82) is 0 Å². The van der Waals surface area contributed by atoms with Crippen molar-refractivity contribution >= 4 is 23.6 Å². The van der Waals surface area contributed by atoms with Gasteiger partial charge in [0.1, 0.15) is 11.5 Å². The zero-order valence-corrected chi connectivity index (χ0v) is 16.0. The lowest BCUT2D eigenvalue weighted by Crippen LogP contribution is -2.22. The third-order valence-corrected chi connectivity index (χ3v) is 4.08. The minimum Gasteiger partial charge on any atom is -0.497 e. The van der Waals surface area contributed by atoms with Gasteiger partial charge in [-0.25, -0.2) is 5.10 Å². The van der Waals surface area contributed by atoms with Crippen LogP contribution in [-0.4, -0.2) is 40.6 Å². The predicted octanol–water partition coefficient (Wildman–Crippen LogP) is 3.24. The maximum atomic E-state index is 12.1. The van der Waals surface area contributed by atoms with Gasteiger partial charge >= 0.3 is 0 Å². The van der Waals surface area contributed by atoms with E-state index in [4.69, 9.17) is 9.47 Å². The first-order valence-electron chi connectivity index (χ1n) is 8.00. The number of rotatable bonds is 7. The van der Waals surface area contributed by atoms with Gasteiger partial charge in [-0.3, -0.25) is 10.1 Å². The Bertz CT molecular complexity index is 725. The van der Waals surface area contributed by atoms with E-state index < -0.39 is 0 Å². The lowest BCUT2D eigenvalue weighted by molar-refractivity contribution is -0.118. The molecule has 0 aliphatic carbocycles. The highest BCUT2D eigenvalue weighted by Gasteiger charge is 2.20. The number of H-pyrrole nitrogens is 1. The number of carbonyl (C=O) groups is 1. The summed E-state index contributed by atoms with van der Waals surface area (Å²) in [6, 6.07) is 5.56. The van der Waals surface area contributed by atoms with E-state index in [-0.39, 0.29) is 17.9 Å². The van der Waals surface area contributed by atoms with Gasteiger partial charge in [0, 0.05) is 5.56 Å². The van der Waals surface area contributed by atoms with Crippen LogP contribution in [0.25, 0.3) is 0 Å². The first-order chi connectivity index (χ1) is 11.8. The largest absolute Gasteiger partial charge is 0.497 e. The molecule has 0 spiro atoms. The quantitative estimate of drug-likeness (QED) is 0.733. The third-order valence-electron chi connectivity index (χ3n) is 3.35. The Morgan fingerprint density at radius 1 is 1.36 bits per heavy atom. The van der Waals surface area contributed by atoms with E-state index in [2.05, 4.69) is 41.3 Å². The molecular formula is C17H24N4O3S. The van der Waals surface area contributed by atoms with E-state index >= 15 is 0 Å². The fourth-order valence-corrected chi connectivity index (χ4v) is 2.68. The van der Waals surface area contributed by atoms with E-state index in [9.17, 15) is 4.79 Å². The summed E-state index contributed by atoms with van der Waals surface area (Å²) < 4.78 is 11.0. The molecule has 136 valence electrons. The van der Waals surface area contributed by atoms with Crippen LogP contribution in [0.2, 0.25) is 0 Å². The highest BCUT2D eigenvalue weighted by Crippen LogP contribution is 2.34. The molecule has 2 aromatic rings. The van der Waals surface area contributed by atoms with Crippen molar-refractivity contribution in [2.75, 3.05) is 24.8 Å². The van der Waals surface area contributed by atoms with E-state index in [1.807, 2.05) is 25.1 Å². The van der Waals surface area contributed by atoms with Crippen LogP contribution in [0.15, 0.2) is 23.4 Å². The van der Waals surface area contributed by atoms with Crippen LogP contribution in [0.5, 0.6) is 11.5 Å². The standard InChI is InChI=1S/C17H24N4O3S/c1-6-25-16-19-15(20-21-16)18-14(22)10-24-13-8-7-11(23-5)9-12(13)17(2,3)4/h7-9H,6,10H2,1-5H3,(H2,18,19,20,21,22). The average molecular weight is 364 g/mol. The molecule has 1 aromatic heterocycles. The van der Waals surface area contributed by atoms with Gasteiger partial charge in [0.05, 0.1) is 7.11 Å². The normalized spacial score (nSPS) is 11.2. The number of benzene rings is 1. The fourth-order valence-electron chi connectivity index (χ4n) is 2.16. The number of aromatic amines is 1. The van der Waals surface area contributed by atoms with E-state index in [0.717, 1.165) is 17.1 Å². The summed E-state index contributed by atoms with van der Waals surface area (Å²) in [5.41, 5.74) is 0.832. The molecule has 0 saturated heterocycles. The number of hydrogen-bond acceptors (Lipinski definition) is 6. The summed E-state index contributed by atoms with van der Waals surface area (Å²) in [5.74, 6) is 2.28. The number of hydrogen-bond donors (Lipinski definition) is 2. The van der Waals surface area contributed by atoms with E-state index in [1.165, 1.54) is 11.8 Å². The maximum Gasteiger partial charge on any atom is 0.264 e. The average Bonchev–Trinajstić information content (AvgIpc) is 2.99. The Morgan fingerprint density at radius 3 is 2.76 bits per heavy atom. The highest BCUT2D eigenvalue weighted by atomic mass is 32.2. The molecule has 1 aromatic carbocycles. The predicted molar refractivity (Wildman–Crippen MR) is 98.6 cm³/mol. The summed E-state index contributed by atoms with van der Waals surface area (Å²) in [7, 11) is 1.62. The molecule has 0 fully saturated rings. The second-order valence-corrected chi connectivity index (χ2v) is 7.58. The Balaban J connectivity index is 2.01. The summed E-state index contributed by atoms with van der Waals surface area (Å²) in [6.07, 6.45) is 0. The molecule has 25 heavy (non-hydrogen) atoms. The molecule has 0 radical (unpaired) electrons. The molecule has 0 aliphatic rings. The monoisotopic (exact) mass is 364 g/mol. The topological polar surface area (TPSA) is 89.1 Å². The molecule has 2 rings (SSSR count). The van der Waals surface area contributed by atoms with Gasteiger partial charge in [0.2, 0.25) is 11.1 Å². The molecule has 8 heteroatoms. The van der Waals surface area contributed by atoms with Crippen LogP contribution >= 0.6 is 11.8 Å². The number of ether oxygens (including phenoxy) is 2. The fraction of sp³-hybridized carbons (Fsp3) is 0.471. The zero-order chi connectivity index (χ0) is 18.4. The number of methoxy groups -OCH3 is 1.